The van der Waals surface area contributed by atoms with Gasteiger partial charge in [0.25, 0.3) is 0 Å². The van der Waals surface area contributed by atoms with Crippen LogP contribution in [0.3, 0.4) is 0 Å². The van der Waals surface area contributed by atoms with E-state index in [1.54, 1.807) is 20.8 Å². The molecule has 3 rings (SSSR count). The molecular formula is C23H17ClF2N2O3. The van der Waals surface area contributed by atoms with E-state index in [1.165, 1.54) is 30.3 Å². The van der Waals surface area contributed by atoms with Gasteiger partial charge < -0.3 is 9.47 Å². The van der Waals surface area contributed by atoms with E-state index in [2.05, 4.69) is 9.83 Å². The number of hydrogen-bond donors (Lipinski definition) is 0. The first-order valence-electron chi connectivity index (χ1n) is 9.11. The first kappa shape index (κ1) is 22.2. The summed E-state index contributed by atoms with van der Waals surface area (Å²) in [4.78, 5) is 20.3. The minimum Gasteiger partial charge on any atom is -0.456 e. The second-order valence-electron chi connectivity index (χ2n) is 7.54. The number of carbonyl (C=O) groups is 1. The standard InChI is InChI=1S/C23H17ClF2N2O3/c1-23(2,3)31-22(29)17-6-8-19(13-9-14(25)11-15(26)10-13)28-21(17)30-20-12-16(27-4)5-7-18(20)24/h5-12H,1-3H3. The van der Waals surface area contributed by atoms with Gasteiger partial charge in [-0.05, 0) is 51.1 Å². The van der Waals surface area contributed by atoms with Gasteiger partial charge in [0.1, 0.15) is 28.5 Å². The normalized spacial score (nSPS) is 11.0. The third-order valence-corrected chi connectivity index (χ3v) is 4.20. The lowest BCUT2D eigenvalue weighted by atomic mass is 10.1. The number of hydrogen-bond acceptors (Lipinski definition) is 4. The summed E-state index contributed by atoms with van der Waals surface area (Å²) in [7, 11) is 0. The van der Waals surface area contributed by atoms with Gasteiger partial charge in [-0.2, -0.15) is 0 Å². The lowest BCUT2D eigenvalue weighted by molar-refractivity contribution is 0.00665. The molecule has 8 heteroatoms. The van der Waals surface area contributed by atoms with Crippen molar-refractivity contribution in [3.63, 3.8) is 0 Å². The molecule has 0 fully saturated rings. The van der Waals surface area contributed by atoms with Crippen molar-refractivity contribution in [1.82, 2.24) is 4.98 Å². The quantitative estimate of drug-likeness (QED) is 0.323. The number of ether oxygens (including phenoxy) is 2. The largest absolute Gasteiger partial charge is 0.456 e. The number of nitrogens with zero attached hydrogens (tertiary/aromatic N) is 2. The van der Waals surface area contributed by atoms with Crippen molar-refractivity contribution in [3.05, 3.63) is 82.2 Å². The first-order valence-corrected chi connectivity index (χ1v) is 9.49. The molecule has 0 bridgehead atoms. The minimum absolute atomic E-state index is 0.0140. The highest BCUT2D eigenvalue weighted by Crippen LogP contribution is 2.35. The van der Waals surface area contributed by atoms with Crippen molar-refractivity contribution < 1.29 is 23.0 Å². The van der Waals surface area contributed by atoms with Crippen molar-refractivity contribution in [2.75, 3.05) is 0 Å². The lowest BCUT2D eigenvalue weighted by Gasteiger charge is -2.20. The molecular weight excluding hydrogens is 426 g/mol. The van der Waals surface area contributed by atoms with Crippen LogP contribution in [0.5, 0.6) is 11.6 Å². The van der Waals surface area contributed by atoms with Gasteiger partial charge in [0.2, 0.25) is 5.88 Å². The molecule has 0 aliphatic carbocycles. The fourth-order valence-corrected chi connectivity index (χ4v) is 2.77. The fourth-order valence-electron chi connectivity index (χ4n) is 2.61. The number of rotatable bonds is 4. The zero-order chi connectivity index (χ0) is 22.8. The summed E-state index contributed by atoms with van der Waals surface area (Å²) in [5.74, 6) is -2.34. The number of halogens is 3. The van der Waals surface area contributed by atoms with Gasteiger partial charge in [0.15, 0.2) is 5.69 Å². The van der Waals surface area contributed by atoms with E-state index >= 15 is 0 Å². The molecule has 1 aromatic heterocycles. The molecule has 0 unspecified atom stereocenters. The van der Waals surface area contributed by atoms with Crippen LogP contribution in [-0.2, 0) is 4.74 Å². The summed E-state index contributed by atoms with van der Waals surface area (Å²) in [6.45, 7) is 12.3. The maximum absolute atomic E-state index is 13.7. The highest BCUT2D eigenvalue weighted by Gasteiger charge is 2.24. The van der Waals surface area contributed by atoms with Crippen LogP contribution in [0.4, 0.5) is 14.5 Å². The van der Waals surface area contributed by atoms with Crippen LogP contribution in [0.25, 0.3) is 16.1 Å². The summed E-state index contributed by atoms with van der Waals surface area (Å²) in [6.07, 6.45) is 0. The van der Waals surface area contributed by atoms with Crippen LogP contribution in [0.2, 0.25) is 5.02 Å². The smallest absolute Gasteiger partial charge is 0.344 e. The molecule has 0 spiro atoms. The average molecular weight is 443 g/mol. The Morgan fingerprint density at radius 2 is 1.74 bits per heavy atom. The molecule has 0 radical (unpaired) electrons. The van der Waals surface area contributed by atoms with Gasteiger partial charge >= 0.3 is 5.97 Å². The monoisotopic (exact) mass is 442 g/mol. The van der Waals surface area contributed by atoms with Gasteiger partial charge in [-0.25, -0.2) is 23.4 Å². The molecule has 0 aliphatic rings. The third kappa shape index (κ3) is 5.56. The van der Waals surface area contributed by atoms with Crippen LogP contribution in [0.1, 0.15) is 31.1 Å². The molecule has 0 saturated heterocycles. The van der Waals surface area contributed by atoms with Gasteiger partial charge in [-0.3, -0.25) is 0 Å². The minimum atomic E-state index is -0.777. The highest BCUT2D eigenvalue weighted by molar-refractivity contribution is 6.32. The SMILES string of the molecule is [C-]#[N+]c1ccc(Cl)c(Oc2nc(-c3cc(F)cc(F)c3)ccc2C(=O)OC(C)(C)C)c1. The van der Waals surface area contributed by atoms with Crippen LogP contribution < -0.4 is 4.74 Å². The second-order valence-corrected chi connectivity index (χ2v) is 7.95. The van der Waals surface area contributed by atoms with E-state index in [1.807, 2.05) is 0 Å². The predicted molar refractivity (Wildman–Crippen MR) is 113 cm³/mol. The van der Waals surface area contributed by atoms with Gasteiger partial charge in [-0.1, -0.05) is 23.7 Å². The number of pyridine rings is 1. The van der Waals surface area contributed by atoms with E-state index in [0.717, 1.165) is 18.2 Å². The Balaban J connectivity index is 2.12. The van der Waals surface area contributed by atoms with E-state index in [0.29, 0.717) is 0 Å². The molecule has 1 heterocycles. The maximum atomic E-state index is 13.7. The Labute approximate surface area is 183 Å². The molecule has 31 heavy (non-hydrogen) atoms. The summed E-state index contributed by atoms with van der Waals surface area (Å²) in [5, 5.41) is 0.187. The van der Waals surface area contributed by atoms with Crippen LogP contribution in [0, 0.1) is 18.2 Å². The van der Waals surface area contributed by atoms with Crippen molar-refractivity contribution in [3.8, 4) is 22.9 Å². The summed E-state index contributed by atoms with van der Waals surface area (Å²) < 4.78 is 38.5. The summed E-state index contributed by atoms with van der Waals surface area (Å²) in [5.41, 5.74) is -0.209. The number of benzene rings is 2. The molecule has 0 N–H and O–H groups in total. The Morgan fingerprint density at radius 1 is 1.06 bits per heavy atom. The van der Waals surface area contributed by atoms with E-state index in [-0.39, 0.29) is 39.2 Å². The van der Waals surface area contributed by atoms with E-state index < -0.39 is 23.2 Å². The molecule has 5 nitrogen and oxygen atoms in total. The highest BCUT2D eigenvalue weighted by atomic mass is 35.5. The van der Waals surface area contributed by atoms with Crippen molar-refractivity contribution in [2.24, 2.45) is 0 Å². The van der Waals surface area contributed by atoms with Crippen LogP contribution >= 0.6 is 11.6 Å². The number of aromatic nitrogens is 1. The Bertz CT molecular complexity index is 1180. The Hall–Kier alpha value is -3.50. The maximum Gasteiger partial charge on any atom is 0.344 e. The summed E-state index contributed by atoms with van der Waals surface area (Å²) >= 11 is 6.17. The van der Waals surface area contributed by atoms with Crippen molar-refractivity contribution >= 4 is 23.3 Å². The first-order chi connectivity index (χ1) is 14.6. The van der Waals surface area contributed by atoms with Crippen molar-refractivity contribution in [1.29, 1.82) is 0 Å². The molecule has 158 valence electrons. The van der Waals surface area contributed by atoms with E-state index in [9.17, 15) is 13.6 Å². The lowest BCUT2D eigenvalue weighted by Crippen LogP contribution is -2.24. The molecule has 0 atom stereocenters. The zero-order valence-corrected chi connectivity index (χ0v) is 17.6. The Kier molecular flexibility index (Phi) is 6.23. The van der Waals surface area contributed by atoms with Crippen LogP contribution in [-0.4, -0.2) is 16.6 Å². The number of esters is 1. The fraction of sp³-hybridized carbons (Fsp3) is 0.174. The third-order valence-electron chi connectivity index (χ3n) is 3.89. The van der Waals surface area contributed by atoms with E-state index in [4.69, 9.17) is 27.6 Å². The molecule has 0 aliphatic heterocycles. The second kappa shape index (κ2) is 8.70. The van der Waals surface area contributed by atoms with Gasteiger partial charge in [0.05, 0.1) is 17.3 Å². The topological polar surface area (TPSA) is 52.8 Å². The molecule has 0 saturated carbocycles. The predicted octanol–water partition coefficient (Wildman–Crippen LogP) is 6.98. The number of carbonyl (C=O) groups excluding carboxylic acids is 1. The van der Waals surface area contributed by atoms with Crippen molar-refractivity contribution in [2.45, 2.75) is 26.4 Å². The van der Waals surface area contributed by atoms with Crippen LogP contribution in [0.15, 0.2) is 48.5 Å². The van der Waals surface area contributed by atoms with Gasteiger partial charge in [-0.15, -0.1) is 0 Å². The average Bonchev–Trinajstić information content (AvgIpc) is 2.67. The molecule has 2 aromatic carbocycles. The summed E-state index contributed by atoms with van der Waals surface area (Å²) in [6, 6.07) is 10.2. The zero-order valence-electron chi connectivity index (χ0n) is 16.9. The molecule has 3 aromatic rings. The molecule has 0 amide bonds. The Morgan fingerprint density at radius 3 is 2.35 bits per heavy atom. The van der Waals surface area contributed by atoms with Gasteiger partial charge in [0, 0.05) is 11.6 Å².